The summed E-state index contributed by atoms with van der Waals surface area (Å²) in [5.41, 5.74) is 0.816. The smallest absolute Gasteiger partial charge is 0.275 e. The van der Waals surface area contributed by atoms with E-state index in [1.165, 1.54) is 21.9 Å². The predicted molar refractivity (Wildman–Crippen MR) is 132 cm³/mol. The van der Waals surface area contributed by atoms with Crippen molar-refractivity contribution in [3.63, 3.8) is 0 Å². The molecule has 8 nitrogen and oxygen atoms in total. The van der Waals surface area contributed by atoms with Gasteiger partial charge < -0.3 is 14.8 Å². The molecule has 4 aromatic rings. The maximum absolute atomic E-state index is 12.4. The Labute approximate surface area is 205 Å². The van der Waals surface area contributed by atoms with Gasteiger partial charge in [0.15, 0.2) is 6.61 Å². The SMILES string of the molecule is CC(C)Cc1nn2c(=O)cc(COc3cccc(NC(=O)COc4ccccc4Cl)c3)nc2s1. The van der Waals surface area contributed by atoms with Crippen molar-refractivity contribution < 1.29 is 14.3 Å². The molecule has 4 rings (SSSR count). The number of fused-ring (bicyclic) bond motifs is 1. The lowest BCUT2D eigenvalue weighted by Crippen LogP contribution is -2.20. The van der Waals surface area contributed by atoms with Gasteiger partial charge in [-0.05, 0) is 30.2 Å². The van der Waals surface area contributed by atoms with Gasteiger partial charge in [-0.25, -0.2) is 4.98 Å². The molecule has 0 saturated carbocycles. The zero-order valence-corrected chi connectivity index (χ0v) is 20.2. The number of para-hydroxylation sites is 1. The summed E-state index contributed by atoms with van der Waals surface area (Å²) in [6, 6.07) is 15.3. The number of hydrogen-bond donors (Lipinski definition) is 1. The van der Waals surface area contributed by atoms with Gasteiger partial charge in [-0.2, -0.15) is 9.61 Å². The number of halogens is 1. The summed E-state index contributed by atoms with van der Waals surface area (Å²) in [5.74, 6) is 1.07. The Morgan fingerprint density at radius 3 is 2.76 bits per heavy atom. The molecular formula is C24H23ClN4O4S. The fraction of sp³-hybridized carbons (Fsp3) is 0.250. The van der Waals surface area contributed by atoms with Crippen molar-refractivity contribution in [2.24, 2.45) is 5.92 Å². The summed E-state index contributed by atoms with van der Waals surface area (Å²) in [6.07, 6.45) is 0.793. The quantitative estimate of drug-likeness (QED) is 0.362. The van der Waals surface area contributed by atoms with E-state index in [0.29, 0.717) is 38.8 Å². The van der Waals surface area contributed by atoms with E-state index in [4.69, 9.17) is 21.1 Å². The molecule has 2 heterocycles. The van der Waals surface area contributed by atoms with E-state index < -0.39 is 0 Å². The van der Waals surface area contributed by atoms with Crippen LogP contribution in [-0.2, 0) is 17.8 Å². The monoisotopic (exact) mass is 498 g/mol. The molecule has 0 unspecified atom stereocenters. The summed E-state index contributed by atoms with van der Waals surface area (Å²) in [4.78, 5) is 29.7. The van der Waals surface area contributed by atoms with Crippen molar-refractivity contribution in [1.82, 2.24) is 14.6 Å². The fourth-order valence-electron chi connectivity index (χ4n) is 3.12. The second kappa shape index (κ2) is 10.7. The molecule has 0 bridgehead atoms. The number of nitrogens with zero attached hydrogens (tertiary/aromatic N) is 3. The fourth-order valence-corrected chi connectivity index (χ4v) is 4.44. The molecule has 0 fully saturated rings. The van der Waals surface area contributed by atoms with Crippen LogP contribution in [0.25, 0.3) is 4.96 Å². The average molecular weight is 499 g/mol. The topological polar surface area (TPSA) is 94.8 Å². The lowest BCUT2D eigenvalue weighted by molar-refractivity contribution is -0.118. The highest BCUT2D eigenvalue weighted by molar-refractivity contribution is 7.16. The molecular weight excluding hydrogens is 476 g/mol. The van der Waals surface area contributed by atoms with E-state index in [1.54, 1.807) is 48.5 Å². The van der Waals surface area contributed by atoms with E-state index in [2.05, 4.69) is 29.2 Å². The molecule has 34 heavy (non-hydrogen) atoms. The highest BCUT2D eigenvalue weighted by Gasteiger charge is 2.11. The average Bonchev–Trinajstić information content (AvgIpc) is 3.20. The third-order valence-electron chi connectivity index (χ3n) is 4.62. The van der Waals surface area contributed by atoms with Crippen LogP contribution in [0.3, 0.4) is 0 Å². The summed E-state index contributed by atoms with van der Waals surface area (Å²) in [5, 5.41) is 8.42. The lowest BCUT2D eigenvalue weighted by Gasteiger charge is -2.10. The zero-order chi connectivity index (χ0) is 24.1. The molecule has 0 saturated heterocycles. The van der Waals surface area contributed by atoms with Gasteiger partial charge in [0.2, 0.25) is 4.96 Å². The Kier molecular flexibility index (Phi) is 7.44. The van der Waals surface area contributed by atoms with Gasteiger partial charge in [0.1, 0.15) is 23.1 Å². The molecule has 0 atom stereocenters. The van der Waals surface area contributed by atoms with Crippen LogP contribution in [0.1, 0.15) is 24.5 Å². The van der Waals surface area contributed by atoms with E-state index in [9.17, 15) is 9.59 Å². The van der Waals surface area contributed by atoms with Crippen LogP contribution in [0.5, 0.6) is 11.5 Å². The maximum atomic E-state index is 12.4. The predicted octanol–water partition coefficient (Wildman–Crippen LogP) is 4.60. The molecule has 10 heteroatoms. The van der Waals surface area contributed by atoms with Crippen molar-refractivity contribution in [2.75, 3.05) is 11.9 Å². The van der Waals surface area contributed by atoms with Crippen LogP contribution in [0, 0.1) is 5.92 Å². The highest BCUT2D eigenvalue weighted by atomic mass is 35.5. The standard InChI is InChI=1S/C24H23ClN4O4S/c1-15(2)10-22-28-29-23(31)12-17(27-24(29)34-22)13-32-18-7-5-6-16(11-18)26-21(30)14-33-20-9-4-3-8-19(20)25/h3-9,11-12,15H,10,13-14H2,1-2H3,(H,26,30). The Morgan fingerprint density at radius 1 is 1.15 bits per heavy atom. The maximum Gasteiger partial charge on any atom is 0.275 e. The molecule has 1 N–H and O–H groups in total. The van der Waals surface area contributed by atoms with Gasteiger partial charge in [-0.3, -0.25) is 9.59 Å². The lowest BCUT2D eigenvalue weighted by atomic mass is 10.1. The number of benzene rings is 2. The molecule has 0 aliphatic heterocycles. The number of nitrogens with one attached hydrogen (secondary N) is 1. The first-order valence-corrected chi connectivity index (χ1v) is 11.9. The van der Waals surface area contributed by atoms with Gasteiger partial charge in [0.05, 0.1) is 10.7 Å². The van der Waals surface area contributed by atoms with Crippen LogP contribution in [0.2, 0.25) is 5.02 Å². The number of carbonyl (C=O) groups is 1. The molecule has 0 radical (unpaired) electrons. The number of aromatic nitrogens is 3. The van der Waals surface area contributed by atoms with Gasteiger partial charge in [-0.1, -0.05) is 55.0 Å². The number of ether oxygens (including phenoxy) is 2. The number of carbonyl (C=O) groups excluding carboxylic acids is 1. The molecule has 0 aliphatic carbocycles. The van der Waals surface area contributed by atoms with Gasteiger partial charge in [0.25, 0.3) is 11.5 Å². The summed E-state index contributed by atoms with van der Waals surface area (Å²) in [7, 11) is 0. The van der Waals surface area contributed by atoms with Crippen LogP contribution >= 0.6 is 22.9 Å². The number of amides is 1. The summed E-state index contributed by atoms with van der Waals surface area (Å²) < 4.78 is 12.6. The van der Waals surface area contributed by atoms with E-state index in [-0.39, 0.29) is 24.7 Å². The molecule has 0 aliphatic rings. The summed E-state index contributed by atoms with van der Waals surface area (Å²) >= 11 is 7.44. The minimum atomic E-state index is -0.334. The number of anilines is 1. The van der Waals surface area contributed by atoms with Gasteiger partial charge in [-0.15, -0.1) is 0 Å². The van der Waals surface area contributed by atoms with E-state index >= 15 is 0 Å². The molecule has 1 amide bonds. The zero-order valence-electron chi connectivity index (χ0n) is 18.7. The Morgan fingerprint density at radius 2 is 1.97 bits per heavy atom. The third kappa shape index (κ3) is 6.12. The van der Waals surface area contributed by atoms with Crippen LogP contribution in [0.15, 0.2) is 59.4 Å². The second-order valence-electron chi connectivity index (χ2n) is 7.96. The largest absolute Gasteiger partial charge is 0.487 e. The Bertz CT molecular complexity index is 1370. The Balaban J connectivity index is 1.37. The first kappa shape index (κ1) is 23.7. The first-order valence-electron chi connectivity index (χ1n) is 10.7. The normalized spacial score (nSPS) is 11.1. The van der Waals surface area contributed by atoms with E-state index in [0.717, 1.165) is 11.4 Å². The number of hydrogen-bond acceptors (Lipinski definition) is 7. The van der Waals surface area contributed by atoms with E-state index in [1.807, 2.05) is 0 Å². The van der Waals surface area contributed by atoms with Crippen LogP contribution in [0.4, 0.5) is 5.69 Å². The van der Waals surface area contributed by atoms with Crippen molar-refractivity contribution in [3.05, 3.63) is 80.7 Å². The van der Waals surface area contributed by atoms with Crippen LogP contribution < -0.4 is 20.3 Å². The molecule has 2 aromatic carbocycles. The van der Waals surface area contributed by atoms with Gasteiger partial charge >= 0.3 is 0 Å². The van der Waals surface area contributed by atoms with Crippen molar-refractivity contribution >= 4 is 39.5 Å². The molecule has 176 valence electrons. The van der Waals surface area contributed by atoms with Crippen molar-refractivity contribution in [1.29, 1.82) is 0 Å². The second-order valence-corrected chi connectivity index (χ2v) is 9.41. The molecule has 2 aromatic heterocycles. The van der Waals surface area contributed by atoms with Gasteiger partial charge in [0, 0.05) is 24.2 Å². The van der Waals surface area contributed by atoms with Crippen LogP contribution in [-0.4, -0.2) is 27.1 Å². The Hall–Kier alpha value is -3.43. The first-order chi connectivity index (χ1) is 16.4. The molecule has 0 spiro atoms. The minimum Gasteiger partial charge on any atom is -0.487 e. The summed E-state index contributed by atoms with van der Waals surface area (Å²) in [6.45, 7) is 4.13. The van der Waals surface area contributed by atoms with Crippen molar-refractivity contribution in [3.8, 4) is 11.5 Å². The number of rotatable bonds is 9. The minimum absolute atomic E-state index is 0.107. The van der Waals surface area contributed by atoms with Crippen molar-refractivity contribution in [2.45, 2.75) is 26.9 Å². The highest BCUT2D eigenvalue weighted by Crippen LogP contribution is 2.23. The third-order valence-corrected chi connectivity index (χ3v) is 5.87.